The van der Waals surface area contributed by atoms with E-state index in [0.717, 1.165) is 11.3 Å². The number of aryl methyl sites for hydroxylation is 2. The predicted octanol–water partition coefficient (Wildman–Crippen LogP) is 3.53. The van der Waals surface area contributed by atoms with E-state index in [1.165, 1.54) is 23.3 Å². The lowest BCUT2D eigenvalue weighted by atomic mass is 10.1. The Balaban J connectivity index is 1.71. The summed E-state index contributed by atoms with van der Waals surface area (Å²) in [7, 11) is 0. The van der Waals surface area contributed by atoms with Gasteiger partial charge in [-0.15, -0.1) is 0 Å². The number of benzene rings is 2. The Labute approximate surface area is 130 Å². The third-order valence-corrected chi connectivity index (χ3v) is 3.48. The van der Waals surface area contributed by atoms with Crippen LogP contribution in [0.15, 0.2) is 42.5 Å². The highest BCUT2D eigenvalue weighted by molar-refractivity contribution is 5.75. The first-order valence-corrected chi connectivity index (χ1v) is 7.26. The van der Waals surface area contributed by atoms with Gasteiger partial charge in [-0.25, -0.2) is 4.39 Å². The lowest BCUT2D eigenvalue weighted by Crippen LogP contribution is -2.24. The van der Waals surface area contributed by atoms with Crippen LogP contribution in [-0.2, 0) is 11.3 Å². The summed E-state index contributed by atoms with van der Waals surface area (Å²) in [5, 5.41) is 2.78. The molecule has 2 rings (SSSR count). The van der Waals surface area contributed by atoms with Crippen molar-refractivity contribution in [2.45, 2.75) is 26.8 Å². The highest BCUT2D eigenvalue weighted by Crippen LogP contribution is 2.16. The van der Waals surface area contributed by atoms with Crippen molar-refractivity contribution in [1.29, 1.82) is 0 Å². The average Bonchev–Trinajstić information content (AvgIpc) is 2.50. The van der Waals surface area contributed by atoms with E-state index in [9.17, 15) is 9.18 Å². The highest BCUT2D eigenvalue weighted by atomic mass is 19.1. The zero-order chi connectivity index (χ0) is 15.9. The van der Waals surface area contributed by atoms with Gasteiger partial charge in [-0.3, -0.25) is 4.79 Å². The standard InChI is InChI=1S/C18H20FNO2/c1-13-3-8-17(11-14(13)2)22-10-9-18(21)20-12-15-4-6-16(19)7-5-15/h3-8,11H,9-10,12H2,1-2H3,(H,20,21). The van der Waals surface area contributed by atoms with Crippen molar-refractivity contribution >= 4 is 5.91 Å². The molecule has 2 aromatic rings. The van der Waals surface area contributed by atoms with Crippen LogP contribution < -0.4 is 10.1 Å². The van der Waals surface area contributed by atoms with Crippen LogP contribution in [0.1, 0.15) is 23.1 Å². The fraction of sp³-hybridized carbons (Fsp3) is 0.278. The van der Waals surface area contributed by atoms with Gasteiger partial charge in [0, 0.05) is 6.54 Å². The first kappa shape index (κ1) is 16.0. The molecule has 1 N–H and O–H groups in total. The number of nitrogens with one attached hydrogen (secondary N) is 1. The Hall–Kier alpha value is -2.36. The molecule has 22 heavy (non-hydrogen) atoms. The normalized spacial score (nSPS) is 10.3. The molecule has 0 atom stereocenters. The average molecular weight is 301 g/mol. The molecule has 0 fully saturated rings. The van der Waals surface area contributed by atoms with Gasteiger partial charge in [-0.1, -0.05) is 18.2 Å². The van der Waals surface area contributed by atoms with E-state index >= 15 is 0 Å². The van der Waals surface area contributed by atoms with E-state index in [-0.39, 0.29) is 18.1 Å². The van der Waals surface area contributed by atoms with E-state index in [0.29, 0.717) is 13.2 Å². The molecule has 0 unspecified atom stereocenters. The summed E-state index contributed by atoms with van der Waals surface area (Å²) in [4.78, 5) is 11.7. The van der Waals surface area contributed by atoms with E-state index in [2.05, 4.69) is 5.32 Å². The predicted molar refractivity (Wildman–Crippen MR) is 84.3 cm³/mol. The number of hydrogen-bond acceptors (Lipinski definition) is 2. The molecule has 0 aliphatic rings. The molecule has 4 heteroatoms. The molecule has 0 saturated heterocycles. The minimum atomic E-state index is -0.281. The fourth-order valence-corrected chi connectivity index (χ4v) is 1.96. The van der Waals surface area contributed by atoms with Gasteiger partial charge in [0.25, 0.3) is 0 Å². The third-order valence-electron chi connectivity index (χ3n) is 3.48. The van der Waals surface area contributed by atoms with E-state index in [4.69, 9.17) is 4.74 Å². The Morgan fingerprint density at radius 2 is 1.82 bits per heavy atom. The molecule has 0 saturated carbocycles. The van der Waals surface area contributed by atoms with Crippen LogP contribution in [0, 0.1) is 19.7 Å². The molecule has 1 amide bonds. The molecule has 2 aromatic carbocycles. The molecule has 0 heterocycles. The Morgan fingerprint density at radius 1 is 1.09 bits per heavy atom. The summed E-state index contributed by atoms with van der Waals surface area (Å²) in [6.45, 7) is 4.79. The Kier molecular flexibility index (Phi) is 5.53. The maximum absolute atomic E-state index is 12.8. The SMILES string of the molecule is Cc1ccc(OCCC(=O)NCc2ccc(F)cc2)cc1C. The summed E-state index contributed by atoms with van der Waals surface area (Å²) in [6, 6.07) is 11.9. The molecule has 116 valence electrons. The molecule has 0 aliphatic carbocycles. The third kappa shape index (κ3) is 4.88. The summed E-state index contributed by atoms with van der Waals surface area (Å²) in [5.74, 6) is 0.402. The molecule has 0 aromatic heterocycles. The number of hydrogen-bond donors (Lipinski definition) is 1. The summed E-state index contributed by atoms with van der Waals surface area (Å²) in [6.07, 6.45) is 0.286. The largest absolute Gasteiger partial charge is 0.493 e. The summed E-state index contributed by atoms with van der Waals surface area (Å²) in [5.41, 5.74) is 3.24. The second-order valence-corrected chi connectivity index (χ2v) is 5.25. The van der Waals surface area contributed by atoms with Crippen molar-refractivity contribution in [2.75, 3.05) is 6.61 Å². The number of halogens is 1. The second kappa shape index (κ2) is 7.59. The first-order chi connectivity index (χ1) is 10.5. The number of carbonyl (C=O) groups is 1. The number of ether oxygens (including phenoxy) is 1. The minimum absolute atomic E-state index is 0.0897. The molecular formula is C18H20FNO2. The first-order valence-electron chi connectivity index (χ1n) is 7.26. The molecule has 0 aliphatic heterocycles. The van der Waals surface area contributed by atoms with Crippen LogP contribution in [0.2, 0.25) is 0 Å². The van der Waals surface area contributed by atoms with Crippen molar-refractivity contribution in [3.8, 4) is 5.75 Å². The minimum Gasteiger partial charge on any atom is -0.493 e. The van der Waals surface area contributed by atoms with E-state index < -0.39 is 0 Å². The van der Waals surface area contributed by atoms with Gasteiger partial charge in [0.05, 0.1) is 13.0 Å². The van der Waals surface area contributed by atoms with Crippen molar-refractivity contribution in [3.63, 3.8) is 0 Å². The zero-order valence-electron chi connectivity index (χ0n) is 12.9. The van der Waals surface area contributed by atoms with Crippen LogP contribution in [0.5, 0.6) is 5.75 Å². The molecular weight excluding hydrogens is 281 g/mol. The monoisotopic (exact) mass is 301 g/mol. The van der Waals surface area contributed by atoms with E-state index in [1.54, 1.807) is 12.1 Å². The van der Waals surface area contributed by atoms with Gasteiger partial charge in [-0.2, -0.15) is 0 Å². The van der Waals surface area contributed by atoms with Crippen LogP contribution in [0.4, 0.5) is 4.39 Å². The van der Waals surface area contributed by atoms with Gasteiger partial charge < -0.3 is 10.1 Å². The lowest BCUT2D eigenvalue weighted by Gasteiger charge is -2.09. The van der Waals surface area contributed by atoms with Crippen molar-refractivity contribution in [2.24, 2.45) is 0 Å². The number of carbonyl (C=O) groups excluding carboxylic acids is 1. The second-order valence-electron chi connectivity index (χ2n) is 5.25. The smallest absolute Gasteiger partial charge is 0.223 e. The molecule has 3 nitrogen and oxygen atoms in total. The van der Waals surface area contributed by atoms with Crippen LogP contribution in [-0.4, -0.2) is 12.5 Å². The number of rotatable bonds is 6. The topological polar surface area (TPSA) is 38.3 Å². The van der Waals surface area contributed by atoms with E-state index in [1.807, 2.05) is 32.0 Å². The van der Waals surface area contributed by atoms with Gasteiger partial charge in [0.2, 0.25) is 5.91 Å². The molecule has 0 radical (unpaired) electrons. The highest BCUT2D eigenvalue weighted by Gasteiger charge is 2.03. The van der Waals surface area contributed by atoms with Crippen LogP contribution in [0.3, 0.4) is 0 Å². The summed E-state index contributed by atoms with van der Waals surface area (Å²) < 4.78 is 18.3. The Morgan fingerprint density at radius 3 is 2.50 bits per heavy atom. The Bertz CT molecular complexity index is 638. The maximum atomic E-state index is 12.8. The zero-order valence-corrected chi connectivity index (χ0v) is 12.9. The van der Waals surface area contributed by atoms with Crippen molar-refractivity contribution < 1.29 is 13.9 Å². The van der Waals surface area contributed by atoms with Gasteiger partial charge in [-0.05, 0) is 54.8 Å². The molecule has 0 spiro atoms. The van der Waals surface area contributed by atoms with Gasteiger partial charge in [0.15, 0.2) is 0 Å². The molecule has 0 bridgehead atoms. The van der Waals surface area contributed by atoms with Crippen molar-refractivity contribution in [1.82, 2.24) is 5.32 Å². The lowest BCUT2D eigenvalue weighted by molar-refractivity contribution is -0.121. The van der Waals surface area contributed by atoms with Gasteiger partial charge in [0.1, 0.15) is 11.6 Å². The van der Waals surface area contributed by atoms with Crippen molar-refractivity contribution in [3.05, 3.63) is 65.0 Å². The fourth-order valence-electron chi connectivity index (χ4n) is 1.96. The maximum Gasteiger partial charge on any atom is 0.223 e. The van der Waals surface area contributed by atoms with Gasteiger partial charge >= 0.3 is 0 Å². The van der Waals surface area contributed by atoms with Crippen LogP contribution in [0.25, 0.3) is 0 Å². The summed E-state index contributed by atoms with van der Waals surface area (Å²) >= 11 is 0. The quantitative estimate of drug-likeness (QED) is 0.886. The number of amides is 1. The van der Waals surface area contributed by atoms with Crippen LogP contribution >= 0.6 is 0 Å².